The van der Waals surface area contributed by atoms with Crippen molar-refractivity contribution in [2.45, 2.75) is 45.5 Å². The van der Waals surface area contributed by atoms with E-state index in [4.69, 9.17) is 27.9 Å². The van der Waals surface area contributed by atoms with Gasteiger partial charge in [-0.2, -0.15) is 13.2 Å². The van der Waals surface area contributed by atoms with E-state index in [9.17, 15) is 22.0 Å². The molecule has 1 aromatic carbocycles. The molecule has 0 saturated carbocycles. The fourth-order valence-corrected chi connectivity index (χ4v) is 5.54. The largest absolute Gasteiger partial charge is 0.412 e. The smallest absolute Gasteiger partial charge is 0.357 e. The Morgan fingerprint density at radius 2 is 1.74 bits per heavy atom. The SMILES string of the molecule is COC(c1cc(Cl)nc(Cl)c1)N(C)C(=CC=C(C(C)C)C(F)(F)F)CC1CCN(CC=Cc2ccc(F)cc2F)CC1. The van der Waals surface area contributed by atoms with Crippen molar-refractivity contribution in [3.05, 3.63) is 92.9 Å². The number of hydrogen-bond donors (Lipinski definition) is 0. The minimum atomic E-state index is -4.45. The van der Waals surface area contributed by atoms with Crippen LogP contribution in [0.15, 0.2) is 59.8 Å². The third kappa shape index (κ3) is 9.79. The molecular weight excluding hydrogens is 596 g/mol. The Labute approximate surface area is 254 Å². The van der Waals surface area contributed by atoms with Gasteiger partial charge in [0, 0.05) is 49.2 Å². The lowest BCUT2D eigenvalue weighted by Crippen LogP contribution is -2.35. The van der Waals surface area contributed by atoms with E-state index < -0.39 is 35.5 Å². The summed E-state index contributed by atoms with van der Waals surface area (Å²) in [7, 11) is 3.28. The summed E-state index contributed by atoms with van der Waals surface area (Å²) in [6, 6.07) is 6.70. The van der Waals surface area contributed by atoms with Gasteiger partial charge in [-0.3, -0.25) is 4.90 Å². The molecule has 42 heavy (non-hydrogen) atoms. The van der Waals surface area contributed by atoms with Crippen molar-refractivity contribution in [1.82, 2.24) is 14.8 Å². The second-order valence-corrected chi connectivity index (χ2v) is 11.5. The molecule has 3 rings (SSSR count). The molecule has 4 nitrogen and oxygen atoms in total. The van der Waals surface area contributed by atoms with Crippen LogP contribution in [0, 0.1) is 23.5 Å². The number of rotatable bonds is 11. The summed E-state index contributed by atoms with van der Waals surface area (Å²) < 4.78 is 74.0. The van der Waals surface area contributed by atoms with Crippen LogP contribution in [0.1, 0.15) is 50.5 Å². The van der Waals surface area contributed by atoms with Gasteiger partial charge in [-0.15, -0.1) is 0 Å². The number of ether oxygens (including phenoxy) is 1. The number of aromatic nitrogens is 1. The highest BCUT2D eigenvalue weighted by Gasteiger charge is 2.35. The zero-order chi connectivity index (χ0) is 31.0. The Bertz CT molecular complexity index is 1270. The molecule has 1 atom stereocenters. The number of benzene rings is 1. The lowest BCUT2D eigenvalue weighted by molar-refractivity contribution is -0.0976. The van der Waals surface area contributed by atoms with Gasteiger partial charge in [0.1, 0.15) is 21.9 Å². The van der Waals surface area contributed by atoms with Crippen LogP contribution in [0.3, 0.4) is 0 Å². The van der Waals surface area contributed by atoms with Crippen molar-refractivity contribution < 1.29 is 26.7 Å². The van der Waals surface area contributed by atoms with Gasteiger partial charge in [-0.05, 0) is 74.5 Å². The van der Waals surface area contributed by atoms with Crippen LogP contribution in [0.2, 0.25) is 10.3 Å². The zero-order valence-electron chi connectivity index (χ0n) is 24.1. The zero-order valence-corrected chi connectivity index (χ0v) is 25.6. The number of nitrogens with zero attached hydrogens (tertiary/aromatic N) is 3. The van der Waals surface area contributed by atoms with Gasteiger partial charge in [0.15, 0.2) is 6.23 Å². The summed E-state index contributed by atoms with van der Waals surface area (Å²) in [5.74, 6) is -1.72. The van der Waals surface area contributed by atoms with E-state index in [2.05, 4.69) is 9.88 Å². The van der Waals surface area contributed by atoms with Crippen molar-refractivity contribution in [2.24, 2.45) is 11.8 Å². The van der Waals surface area contributed by atoms with E-state index in [1.165, 1.54) is 39.2 Å². The highest BCUT2D eigenvalue weighted by atomic mass is 35.5. The number of pyridine rings is 1. The fraction of sp³-hybridized carbons (Fsp3) is 0.452. The number of piperidine rings is 1. The van der Waals surface area contributed by atoms with Crippen LogP contribution in [-0.2, 0) is 4.74 Å². The van der Waals surface area contributed by atoms with Crippen LogP contribution >= 0.6 is 23.2 Å². The summed E-state index contributed by atoms with van der Waals surface area (Å²) >= 11 is 12.2. The third-order valence-corrected chi connectivity index (χ3v) is 7.72. The number of alkyl halides is 3. The molecule has 1 saturated heterocycles. The Morgan fingerprint density at radius 3 is 2.29 bits per heavy atom. The quantitative estimate of drug-likeness (QED) is 0.107. The summed E-state index contributed by atoms with van der Waals surface area (Å²) in [6.45, 7) is 5.19. The highest BCUT2D eigenvalue weighted by Crippen LogP contribution is 2.35. The molecule has 1 aromatic heterocycles. The Kier molecular flexibility index (Phi) is 12.4. The predicted molar refractivity (Wildman–Crippen MR) is 158 cm³/mol. The number of halogens is 7. The van der Waals surface area contributed by atoms with Crippen LogP contribution in [0.4, 0.5) is 22.0 Å². The average molecular weight is 633 g/mol. The number of allylic oxidation sites excluding steroid dienone is 4. The first-order valence-electron chi connectivity index (χ1n) is 13.7. The van der Waals surface area contributed by atoms with E-state index in [-0.39, 0.29) is 16.2 Å². The van der Waals surface area contributed by atoms with Gasteiger partial charge in [0.05, 0.1) is 0 Å². The van der Waals surface area contributed by atoms with Crippen molar-refractivity contribution in [2.75, 3.05) is 33.8 Å². The number of hydrogen-bond acceptors (Lipinski definition) is 4. The molecule has 0 spiro atoms. The number of likely N-dealkylation sites (tertiary alicyclic amines) is 1. The maximum Gasteiger partial charge on any atom is 0.412 e. The van der Waals surface area contributed by atoms with Gasteiger partial charge < -0.3 is 9.64 Å². The number of methoxy groups -OCH3 is 1. The molecule has 2 heterocycles. The molecule has 0 aliphatic carbocycles. The monoisotopic (exact) mass is 631 g/mol. The minimum Gasteiger partial charge on any atom is -0.357 e. The van der Waals surface area contributed by atoms with Crippen LogP contribution in [0.5, 0.6) is 0 Å². The molecule has 1 unspecified atom stereocenters. The lowest BCUT2D eigenvalue weighted by atomic mass is 9.91. The second kappa shape index (κ2) is 15.3. The predicted octanol–water partition coefficient (Wildman–Crippen LogP) is 9.09. The van der Waals surface area contributed by atoms with Crippen molar-refractivity contribution in [1.29, 1.82) is 0 Å². The van der Waals surface area contributed by atoms with Crippen LogP contribution in [-0.4, -0.2) is 54.8 Å². The second-order valence-electron chi connectivity index (χ2n) is 10.7. The summed E-state index contributed by atoms with van der Waals surface area (Å²) in [4.78, 5) is 8.00. The molecule has 1 aliphatic rings. The summed E-state index contributed by atoms with van der Waals surface area (Å²) in [5, 5.41) is 0.363. The molecule has 11 heteroatoms. The summed E-state index contributed by atoms with van der Waals surface area (Å²) in [5.41, 5.74) is 1.01. The van der Waals surface area contributed by atoms with E-state index in [0.29, 0.717) is 29.8 Å². The molecule has 230 valence electrons. The van der Waals surface area contributed by atoms with E-state index in [1.807, 2.05) is 6.08 Å². The molecule has 0 amide bonds. The molecule has 2 aromatic rings. The van der Waals surface area contributed by atoms with Gasteiger partial charge in [0.25, 0.3) is 0 Å². The normalized spacial score (nSPS) is 17.0. The van der Waals surface area contributed by atoms with Crippen LogP contribution in [0.25, 0.3) is 6.08 Å². The van der Waals surface area contributed by atoms with E-state index in [0.717, 1.165) is 38.1 Å². The topological polar surface area (TPSA) is 28.6 Å². The molecule has 0 N–H and O–H groups in total. The maximum absolute atomic E-state index is 13.9. The van der Waals surface area contributed by atoms with Crippen molar-refractivity contribution >= 4 is 29.3 Å². The van der Waals surface area contributed by atoms with Crippen molar-refractivity contribution in [3.8, 4) is 0 Å². The Balaban J connectivity index is 1.77. The molecule has 0 bridgehead atoms. The molecule has 0 radical (unpaired) electrons. The van der Waals surface area contributed by atoms with Gasteiger partial charge >= 0.3 is 6.18 Å². The first-order valence-corrected chi connectivity index (χ1v) is 14.4. The Hall–Kier alpha value is -2.46. The molecule has 1 aliphatic heterocycles. The standard InChI is InChI=1S/C31H36Cl2F5N3O/c1-20(2)26(31(36,37)38)10-9-25(40(3)30(42-4)23-17-28(32)39-29(33)18-23)16-21-11-14-41(15-12-21)13-5-6-22-7-8-24(34)19-27(22)35/h5-10,17-21,30H,11-16H2,1-4H3. The first-order chi connectivity index (χ1) is 19.8. The Morgan fingerprint density at radius 1 is 1.10 bits per heavy atom. The van der Waals surface area contributed by atoms with Crippen LogP contribution < -0.4 is 0 Å². The van der Waals surface area contributed by atoms with E-state index in [1.54, 1.807) is 30.2 Å². The van der Waals surface area contributed by atoms with Gasteiger partial charge in [0.2, 0.25) is 0 Å². The van der Waals surface area contributed by atoms with Crippen molar-refractivity contribution in [3.63, 3.8) is 0 Å². The maximum atomic E-state index is 13.9. The third-order valence-electron chi connectivity index (χ3n) is 7.33. The molecular formula is C31H36Cl2F5N3O. The first kappa shape index (κ1) is 34.0. The highest BCUT2D eigenvalue weighted by molar-refractivity contribution is 6.32. The lowest BCUT2D eigenvalue weighted by Gasteiger charge is -2.36. The average Bonchev–Trinajstić information content (AvgIpc) is 2.89. The summed E-state index contributed by atoms with van der Waals surface area (Å²) in [6.07, 6.45) is 3.26. The fourth-order valence-electron chi connectivity index (χ4n) is 5.06. The van der Waals surface area contributed by atoms with Gasteiger partial charge in [-0.25, -0.2) is 13.8 Å². The van der Waals surface area contributed by atoms with Gasteiger partial charge in [-0.1, -0.05) is 55.3 Å². The molecule has 1 fully saturated rings. The van der Waals surface area contributed by atoms with E-state index >= 15 is 0 Å². The minimum absolute atomic E-state index is 0.182.